The van der Waals surface area contributed by atoms with Gasteiger partial charge in [0.05, 0.1) is 11.1 Å². The lowest BCUT2D eigenvalue weighted by molar-refractivity contribution is -0.140. The third-order valence-electron chi connectivity index (χ3n) is 1.97. The Morgan fingerprint density at radius 3 is 2.22 bits per heavy atom. The summed E-state index contributed by atoms with van der Waals surface area (Å²) in [5.41, 5.74) is -2.47. The highest BCUT2D eigenvalue weighted by Crippen LogP contribution is 2.35. The molecule has 0 aliphatic rings. The summed E-state index contributed by atoms with van der Waals surface area (Å²) in [6, 6.07) is 0.265. The van der Waals surface area contributed by atoms with Crippen molar-refractivity contribution in [2.75, 3.05) is 0 Å². The predicted octanol–water partition coefficient (Wildman–Crippen LogP) is 3.65. The summed E-state index contributed by atoms with van der Waals surface area (Å²) in [4.78, 5) is 11.0. The van der Waals surface area contributed by atoms with Crippen molar-refractivity contribution in [3.8, 4) is 5.75 Å². The van der Waals surface area contributed by atoms with E-state index in [2.05, 4.69) is 4.74 Å². The molecule has 0 bridgehead atoms. The molecule has 2 nitrogen and oxygen atoms in total. The second kappa shape index (κ2) is 4.87. The minimum Gasteiger partial charge on any atom is -0.434 e. The molecule has 0 aromatic heterocycles. The molecule has 100 valence electrons. The van der Waals surface area contributed by atoms with E-state index in [9.17, 15) is 31.1 Å². The average molecular weight is 272 g/mol. The number of hydrogen-bond acceptors (Lipinski definition) is 2. The number of rotatable bonds is 3. The van der Waals surface area contributed by atoms with Crippen molar-refractivity contribution >= 4 is 5.78 Å². The van der Waals surface area contributed by atoms with Crippen LogP contribution in [0.3, 0.4) is 0 Å². The zero-order valence-electron chi connectivity index (χ0n) is 8.82. The highest BCUT2D eigenvalue weighted by molar-refractivity contribution is 5.97. The highest BCUT2D eigenvalue weighted by atomic mass is 19.4. The predicted molar refractivity (Wildman–Crippen MR) is 48.0 cm³/mol. The maximum absolute atomic E-state index is 13.1. The van der Waals surface area contributed by atoms with E-state index in [1.165, 1.54) is 0 Å². The fourth-order valence-corrected chi connectivity index (χ4v) is 1.24. The molecule has 0 unspecified atom stereocenters. The number of alkyl halides is 5. The molecule has 0 saturated carbocycles. The Bertz CT molecular complexity index is 466. The van der Waals surface area contributed by atoms with Crippen LogP contribution in [0.5, 0.6) is 5.75 Å². The second-order valence-electron chi connectivity index (χ2n) is 3.26. The van der Waals surface area contributed by atoms with Gasteiger partial charge < -0.3 is 4.74 Å². The van der Waals surface area contributed by atoms with Crippen LogP contribution in [-0.4, -0.2) is 12.4 Å². The number of carbonyl (C=O) groups is 1. The molecule has 1 aromatic rings. The van der Waals surface area contributed by atoms with Crippen molar-refractivity contribution in [3.05, 3.63) is 29.1 Å². The van der Waals surface area contributed by atoms with E-state index < -0.39 is 41.3 Å². The molecule has 0 N–H and O–H groups in total. The van der Waals surface area contributed by atoms with Crippen LogP contribution in [0.25, 0.3) is 0 Å². The lowest BCUT2D eigenvalue weighted by Crippen LogP contribution is -2.13. The van der Waals surface area contributed by atoms with Crippen molar-refractivity contribution in [1.82, 2.24) is 0 Å². The van der Waals surface area contributed by atoms with E-state index in [-0.39, 0.29) is 12.1 Å². The van der Waals surface area contributed by atoms with Gasteiger partial charge in [0, 0.05) is 6.07 Å². The Balaban J connectivity index is 3.39. The zero-order chi connectivity index (χ0) is 14.1. The Morgan fingerprint density at radius 1 is 1.28 bits per heavy atom. The quantitative estimate of drug-likeness (QED) is 0.620. The molecule has 0 heterocycles. The molecule has 0 fully saturated rings. The molecule has 0 saturated heterocycles. The van der Waals surface area contributed by atoms with Gasteiger partial charge in [-0.15, -0.1) is 0 Å². The largest absolute Gasteiger partial charge is 0.434 e. The van der Waals surface area contributed by atoms with Gasteiger partial charge in [-0.2, -0.15) is 22.0 Å². The molecule has 0 amide bonds. The van der Waals surface area contributed by atoms with Crippen molar-refractivity contribution in [3.63, 3.8) is 0 Å². The fraction of sp³-hybridized carbons (Fsp3) is 0.300. The molecule has 18 heavy (non-hydrogen) atoms. The number of benzene rings is 1. The first kappa shape index (κ1) is 14.3. The number of halogens is 6. The molecular formula is C10H6F6O2. The van der Waals surface area contributed by atoms with Gasteiger partial charge in [0.1, 0.15) is 11.6 Å². The molecule has 0 atom stereocenters. The average Bonchev–Trinajstić information content (AvgIpc) is 2.13. The zero-order valence-corrected chi connectivity index (χ0v) is 8.82. The van der Waals surface area contributed by atoms with Gasteiger partial charge in [0.15, 0.2) is 5.78 Å². The third kappa shape index (κ3) is 3.14. The summed E-state index contributed by atoms with van der Waals surface area (Å²) in [5, 5.41) is 0. The van der Waals surface area contributed by atoms with E-state index >= 15 is 0 Å². The van der Waals surface area contributed by atoms with Crippen LogP contribution in [0, 0.1) is 5.82 Å². The molecule has 0 aliphatic heterocycles. The lowest BCUT2D eigenvalue weighted by atomic mass is 10.1. The Kier molecular flexibility index (Phi) is 3.88. The molecule has 0 radical (unpaired) electrons. The monoisotopic (exact) mass is 272 g/mol. The Hall–Kier alpha value is -1.73. The molecule has 0 spiro atoms. The maximum Gasteiger partial charge on any atom is 0.419 e. The van der Waals surface area contributed by atoms with E-state index in [1.54, 1.807) is 0 Å². The summed E-state index contributed by atoms with van der Waals surface area (Å²) >= 11 is 0. The summed E-state index contributed by atoms with van der Waals surface area (Å²) < 4.78 is 77.8. The molecular weight excluding hydrogens is 266 g/mol. The normalized spacial score (nSPS) is 11.8. The number of Topliss-reactive ketones (excluding diaryl/α,β-unsaturated/α-hetero) is 1. The Morgan fingerprint density at radius 2 is 1.83 bits per heavy atom. The SMILES string of the molecule is CC(=O)c1cc(C(F)(F)F)c(F)cc1OC(F)F. The van der Waals surface area contributed by atoms with Gasteiger partial charge in [-0.1, -0.05) is 0 Å². The van der Waals surface area contributed by atoms with Crippen LogP contribution in [-0.2, 0) is 6.18 Å². The number of ketones is 1. The van der Waals surface area contributed by atoms with E-state index in [0.717, 1.165) is 6.92 Å². The fourth-order valence-electron chi connectivity index (χ4n) is 1.24. The summed E-state index contributed by atoms with van der Waals surface area (Å²) in [6.07, 6.45) is -5.03. The van der Waals surface area contributed by atoms with Crippen LogP contribution in [0.15, 0.2) is 12.1 Å². The minimum atomic E-state index is -5.03. The Labute approximate surface area is 97.2 Å². The first-order chi connectivity index (χ1) is 8.12. The van der Waals surface area contributed by atoms with Crippen molar-refractivity contribution in [2.24, 2.45) is 0 Å². The van der Waals surface area contributed by atoms with Gasteiger partial charge in [-0.3, -0.25) is 4.79 Å². The summed E-state index contributed by atoms with van der Waals surface area (Å²) in [7, 11) is 0. The van der Waals surface area contributed by atoms with Crippen LogP contribution in [0.4, 0.5) is 26.3 Å². The standard InChI is InChI=1S/C10H6F6O2/c1-4(17)5-2-6(10(14,15)16)7(11)3-8(5)18-9(12)13/h2-3,9H,1H3. The van der Waals surface area contributed by atoms with Gasteiger partial charge in [-0.05, 0) is 13.0 Å². The van der Waals surface area contributed by atoms with E-state index in [1.807, 2.05) is 0 Å². The van der Waals surface area contributed by atoms with E-state index in [0.29, 0.717) is 0 Å². The van der Waals surface area contributed by atoms with Gasteiger partial charge in [0.25, 0.3) is 0 Å². The molecule has 1 aromatic carbocycles. The maximum atomic E-state index is 13.1. The van der Waals surface area contributed by atoms with Crippen molar-refractivity contribution in [2.45, 2.75) is 19.7 Å². The van der Waals surface area contributed by atoms with Gasteiger partial charge >= 0.3 is 12.8 Å². The highest BCUT2D eigenvalue weighted by Gasteiger charge is 2.35. The first-order valence-corrected chi connectivity index (χ1v) is 4.49. The number of carbonyl (C=O) groups excluding carboxylic acids is 1. The second-order valence-corrected chi connectivity index (χ2v) is 3.26. The van der Waals surface area contributed by atoms with Crippen LogP contribution < -0.4 is 4.74 Å². The molecule has 1 rings (SSSR count). The minimum absolute atomic E-state index is 0.117. The third-order valence-corrected chi connectivity index (χ3v) is 1.97. The summed E-state index contributed by atoms with van der Waals surface area (Å²) in [5.74, 6) is -3.66. The lowest BCUT2D eigenvalue weighted by Gasteiger charge is -2.13. The molecule has 8 heteroatoms. The van der Waals surface area contributed by atoms with E-state index in [4.69, 9.17) is 0 Å². The van der Waals surface area contributed by atoms with Gasteiger partial charge in [-0.25, -0.2) is 4.39 Å². The van der Waals surface area contributed by atoms with Gasteiger partial charge in [0.2, 0.25) is 0 Å². The van der Waals surface area contributed by atoms with Crippen LogP contribution >= 0.6 is 0 Å². The smallest absolute Gasteiger partial charge is 0.419 e. The van der Waals surface area contributed by atoms with Crippen molar-refractivity contribution < 1.29 is 35.9 Å². The summed E-state index contributed by atoms with van der Waals surface area (Å²) in [6.45, 7) is -2.52. The van der Waals surface area contributed by atoms with Crippen LogP contribution in [0.2, 0.25) is 0 Å². The number of hydrogen-bond donors (Lipinski definition) is 0. The van der Waals surface area contributed by atoms with Crippen molar-refractivity contribution in [1.29, 1.82) is 0 Å². The number of ether oxygens (including phenoxy) is 1. The first-order valence-electron chi connectivity index (χ1n) is 4.49. The molecule has 0 aliphatic carbocycles. The van der Waals surface area contributed by atoms with Crippen LogP contribution in [0.1, 0.15) is 22.8 Å². The topological polar surface area (TPSA) is 26.3 Å².